The van der Waals surface area contributed by atoms with Crippen molar-refractivity contribution in [3.8, 4) is 0 Å². The second-order valence-corrected chi connectivity index (χ2v) is 9.84. The van der Waals surface area contributed by atoms with Gasteiger partial charge in [0.15, 0.2) is 0 Å². The Bertz CT molecular complexity index is 904. The van der Waals surface area contributed by atoms with Gasteiger partial charge in [-0.25, -0.2) is 0 Å². The summed E-state index contributed by atoms with van der Waals surface area (Å²) in [7, 11) is 0. The number of allylic oxidation sites excluding steroid dienone is 2. The number of hydrogen-bond donors (Lipinski definition) is 0. The first-order chi connectivity index (χ1) is 15.5. The molecule has 0 aromatic heterocycles. The van der Waals surface area contributed by atoms with E-state index in [1.54, 1.807) is 0 Å². The predicted octanol–water partition coefficient (Wildman–Crippen LogP) is 9.91. The van der Waals surface area contributed by atoms with E-state index in [0.29, 0.717) is 23.7 Å². The van der Waals surface area contributed by atoms with Gasteiger partial charge in [-0.05, 0) is 41.7 Å². The van der Waals surface area contributed by atoms with Crippen LogP contribution in [0.5, 0.6) is 0 Å². The molecule has 0 unspecified atom stereocenters. The maximum Gasteiger partial charge on any atom is -0.870 e. The third-order valence-corrected chi connectivity index (χ3v) is 5.68. The number of rotatable bonds is 8. The maximum atomic E-state index is 5.08. The Labute approximate surface area is 217 Å². The molecule has 3 nitrogen and oxygen atoms in total. The average molecular weight is 477 g/mol. The molecule has 0 bridgehead atoms. The van der Waals surface area contributed by atoms with E-state index in [2.05, 4.69) is 128 Å². The quantitative estimate of drug-likeness (QED) is 0.276. The van der Waals surface area contributed by atoms with E-state index >= 15 is 0 Å². The molecular weight excluding hydrogens is 431 g/mol. The summed E-state index contributed by atoms with van der Waals surface area (Å²) in [5, 5.41) is 5.08. The molecule has 0 aliphatic carbocycles. The summed E-state index contributed by atoms with van der Waals surface area (Å²) in [5.74, 6) is 3.66. The van der Waals surface area contributed by atoms with Crippen molar-refractivity contribution in [2.75, 3.05) is 0 Å². The summed E-state index contributed by atoms with van der Waals surface area (Å²) >= 11 is 2.42. The predicted molar refractivity (Wildman–Crippen MR) is 152 cm³/mol. The van der Waals surface area contributed by atoms with Gasteiger partial charge in [-0.15, -0.1) is 5.69 Å². The van der Waals surface area contributed by atoms with E-state index < -0.39 is 0 Å². The zero-order valence-electron chi connectivity index (χ0n) is 23.3. The van der Waals surface area contributed by atoms with E-state index in [9.17, 15) is 0 Å². The summed E-state index contributed by atoms with van der Waals surface area (Å²) in [5.41, 5.74) is 9.45. The van der Waals surface area contributed by atoms with Gasteiger partial charge in [0.05, 0.1) is 5.69 Å². The van der Waals surface area contributed by atoms with E-state index in [0.717, 1.165) is 22.8 Å². The molecule has 0 atom stereocenters. The first-order valence-corrected chi connectivity index (χ1v) is 13.5. The molecule has 0 heterocycles. The molecule has 0 saturated heterocycles. The minimum Gasteiger partial charge on any atom is -0.870 e. The maximum absolute atomic E-state index is 5.08. The fourth-order valence-corrected chi connectivity index (χ4v) is 4.00. The van der Waals surface area contributed by atoms with E-state index in [1.807, 2.05) is 5.79 Å². The first kappa shape index (κ1) is 32.1. The molecule has 2 rings (SSSR count). The SMILES string of the molecule is CC(/C=C(/C)[N-]c1c(C(C)C)cccc1C(C)C)=Nc1c(C(C)C)cccc1C(C)C.[CH3][Al+2].[OH-]. The van der Waals surface area contributed by atoms with Crippen molar-refractivity contribution < 1.29 is 5.48 Å². The second-order valence-electron chi connectivity index (χ2n) is 9.84. The largest absolute Gasteiger partial charge is 0.870 e. The molecule has 34 heavy (non-hydrogen) atoms. The molecule has 0 aliphatic heterocycles. The van der Waals surface area contributed by atoms with Crippen molar-refractivity contribution >= 4 is 33.4 Å². The van der Waals surface area contributed by atoms with Crippen LogP contribution in [-0.2, 0) is 0 Å². The van der Waals surface area contributed by atoms with Crippen LogP contribution in [0.25, 0.3) is 5.32 Å². The molecule has 0 radical (unpaired) electrons. The number of aliphatic imine (C=N–C) groups is 1. The molecule has 0 spiro atoms. The van der Waals surface area contributed by atoms with Crippen LogP contribution in [-0.4, -0.2) is 27.5 Å². The minimum atomic E-state index is 0. The van der Waals surface area contributed by atoms with Crippen LogP contribution in [0.4, 0.5) is 11.4 Å². The van der Waals surface area contributed by atoms with Crippen molar-refractivity contribution in [2.24, 2.45) is 4.99 Å². The van der Waals surface area contributed by atoms with Crippen molar-refractivity contribution in [1.29, 1.82) is 0 Å². The molecule has 0 saturated carbocycles. The molecule has 2 aromatic carbocycles. The molecule has 2 aromatic rings. The third kappa shape index (κ3) is 8.73. The average Bonchev–Trinajstić information content (AvgIpc) is 2.74. The number of benzene rings is 2. The minimum absolute atomic E-state index is 0. The third-order valence-electron chi connectivity index (χ3n) is 5.68. The summed E-state index contributed by atoms with van der Waals surface area (Å²) in [6.07, 6.45) is 2.11. The molecule has 0 fully saturated rings. The fraction of sp³-hybridized carbons (Fsp3) is 0.500. The van der Waals surface area contributed by atoms with Crippen LogP contribution in [0.15, 0.2) is 53.2 Å². The van der Waals surface area contributed by atoms with Gasteiger partial charge in [0.25, 0.3) is 0 Å². The van der Waals surface area contributed by atoms with Gasteiger partial charge in [-0.1, -0.05) is 116 Å². The Hall–Kier alpha value is -1.86. The fourth-order valence-electron chi connectivity index (χ4n) is 4.00. The monoisotopic (exact) mass is 476 g/mol. The number of para-hydroxylation sites is 2. The van der Waals surface area contributed by atoms with Crippen molar-refractivity contribution in [3.63, 3.8) is 0 Å². The smallest absolute Gasteiger partial charge is 0.870 e. The standard InChI is InChI=1S/C29H41N2.CH3.Al.H2O/c1-18(2)24-13-11-14-25(19(3)4)28(24)30-22(9)17-23(10)31-29-26(20(5)6)15-12-16-27(29)21(7)8;;;/h11-21H,1-10H3;1H3;;1H2/q-1;;+2;/p-1/b22-17-,31-23?;;;. The van der Waals surface area contributed by atoms with Gasteiger partial charge in [0.2, 0.25) is 0 Å². The Kier molecular flexibility index (Phi) is 14.4. The van der Waals surface area contributed by atoms with Crippen LogP contribution >= 0.6 is 0 Å². The topological polar surface area (TPSA) is 56.5 Å². The van der Waals surface area contributed by atoms with Crippen molar-refractivity contribution in [1.82, 2.24) is 0 Å². The van der Waals surface area contributed by atoms with Crippen LogP contribution in [0.1, 0.15) is 115 Å². The van der Waals surface area contributed by atoms with Crippen LogP contribution < -0.4 is 0 Å². The zero-order chi connectivity index (χ0) is 25.3. The molecular formula is C30H45AlN2O. The zero-order valence-corrected chi connectivity index (χ0v) is 24.4. The van der Waals surface area contributed by atoms with Crippen LogP contribution in [0.2, 0.25) is 5.79 Å². The molecule has 1 N–H and O–H groups in total. The van der Waals surface area contributed by atoms with Crippen LogP contribution in [0.3, 0.4) is 0 Å². The number of nitrogens with zero attached hydrogens (tertiary/aromatic N) is 2. The van der Waals surface area contributed by atoms with Gasteiger partial charge in [0.1, 0.15) is 0 Å². The van der Waals surface area contributed by atoms with Gasteiger partial charge in [-0.2, -0.15) is 5.70 Å². The summed E-state index contributed by atoms with van der Waals surface area (Å²) in [6.45, 7) is 22.1. The van der Waals surface area contributed by atoms with Gasteiger partial charge < -0.3 is 10.8 Å². The molecule has 4 heteroatoms. The normalized spacial score (nSPS) is 12.1. The molecule has 184 valence electrons. The van der Waals surface area contributed by atoms with Gasteiger partial charge in [-0.3, -0.25) is 4.99 Å². The van der Waals surface area contributed by atoms with E-state index in [4.69, 9.17) is 10.3 Å². The van der Waals surface area contributed by atoms with Crippen molar-refractivity contribution in [3.05, 3.63) is 75.7 Å². The van der Waals surface area contributed by atoms with Crippen LogP contribution in [0, 0.1) is 0 Å². The summed E-state index contributed by atoms with van der Waals surface area (Å²) in [4.78, 5) is 5.08. The summed E-state index contributed by atoms with van der Waals surface area (Å²) in [6, 6.07) is 13.1. The molecule has 0 aliphatic rings. The Morgan fingerprint density at radius 3 is 1.41 bits per heavy atom. The van der Waals surface area contributed by atoms with E-state index in [-0.39, 0.29) is 5.48 Å². The van der Waals surface area contributed by atoms with E-state index in [1.165, 1.54) is 22.3 Å². The Balaban J connectivity index is 0.00000353. The number of hydrogen-bond acceptors (Lipinski definition) is 2. The first-order valence-electron chi connectivity index (χ1n) is 12.3. The van der Waals surface area contributed by atoms with Gasteiger partial charge in [0, 0.05) is 5.71 Å². The van der Waals surface area contributed by atoms with Crippen molar-refractivity contribution in [2.45, 2.75) is 98.7 Å². The Morgan fingerprint density at radius 2 is 1.06 bits per heavy atom. The molecule has 0 amide bonds. The Morgan fingerprint density at radius 1 is 0.706 bits per heavy atom. The van der Waals surface area contributed by atoms with Gasteiger partial charge >= 0.3 is 22.1 Å². The summed E-state index contributed by atoms with van der Waals surface area (Å²) < 4.78 is 0. The second kappa shape index (κ2) is 15.2.